The summed E-state index contributed by atoms with van der Waals surface area (Å²) >= 11 is 0. The summed E-state index contributed by atoms with van der Waals surface area (Å²) in [5.41, 5.74) is 1.92. The van der Waals surface area contributed by atoms with Crippen LogP contribution in [0.25, 0.3) is 0 Å². The molecule has 1 atom stereocenters. The van der Waals surface area contributed by atoms with Crippen molar-refractivity contribution in [3.05, 3.63) is 71.8 Å². The topological polar surface area (TPSA) is 20.3 Å². The molecule has 22 heavy (non-hydrogen) atoms. The van der Waals surface area contributed by atoms with E-state index in [1.165, 1.54) is 25.7 Å². The summed E-state index contributed by atoms with van der Waals surface area (Å²) < 4.78 is 0. The number of benzene rings is 2. The summed E-state index contributed by atoms with van der Waals surface area (Å²) in [6.07, 6.45) is 4.92. The van der Waals surface area contributed by atoms with Crippen molar-refractivity contribution in [3.8, 4) is 0 Å². The maximum Gasteiger partial charge on any atom is 0.184 e. The van der Waals surface area contributed by atoms with E-state index < -0.39 is 0 Å². The van der Waals surface area contributed by atoms with Crippen molar-refractivity contribution in [1.29, 1.82) is 0 Å². The minimum atomic E-state index is -0.151. The molecule has 2 nitrogen and oxygen atoms in total. The third-order valence-corrected chi connectivity index (χ3v) is 4.43. The largest absolute Gasteiger partial charge is 0.292 e. The Kier molecular flexibility index (Phi) is 5.02. The van der Waals surface area contributed by atoms with Crippen LogP contribution in [-0.2, 0) is 0 Å². The summed E-state index contributed by atoms with van der Waals surface area (Å²) in [4.78, 5) is 15.5. The van der Waals surface area contributed by atoms with Crippen LogP contribution < -0.4 is 0 Å². The molecule has 0 amide bonds. The minimum Gasteiger partial charge on any atom is -0.292 e. The van der Waals surface area contributed by atoms with Crippen LogP contribution >= 0.6 is 0 Å². The van der Waals surface area contributed by atoms with Crippen molar-refractivity contribution in [2.45, 2.75) is 31.7 Å². The third kappa shape index (κ3) is 3.45. The van der Waals surface area contributed by atoms with Gasteiger partial charge in [-0.15, -0.1) is 0 Å². The Bertz CT molecular complexity index is 586. The minimum absolute atomic E-state index is 0.151. The lowest BCUT2D eigenvalue weighted by Crippen LogP contribution is -2.35. The van der Waals surface area contributed by atoms with Gasteiger partial charge in [-0.2, -0.15) is 0 Å². The zero-order chi connectivity index (χ0) is 15.2. The predicted molar refractivity (Wildman–Crippen MR) is 90.0 cm³/mol. The van der Waals surface area contributed by atoms with E-state index in [2.05, 4.69) is 17.0 Å². The molecular formula is C20H23NO. The number of nitrogens with zero attached hydrogens (tertiary/aromatic N) is 1. The lowest BCUT2D eigenvalue weighted by molar-refractivity contribution is 0.0821. The van der Waals surface area contributed by atoms with E-state index in [1.54, 1.807) is 0 Å². The molecule has 3 rings (SSSR count). The number of hydrogen-bond acceptors (Lipinski definition) is 2. The monoisotopic (exact) mass is 293 g/mol. The fourth-order valence-electron chi connectivity index (χ4n) is 3.28. The van der Waals surface area contributed by atoms with Gasteiger partial charge in [-0.25, -0.2) is 0 Å². The summed E-state index contributed by atoms with van der Waals surface area (Å²) in [5, 5.41) is 0. The maximum absolute atomic E-state index is 13.1. The van der Waals surface area contributed by atoms with Crippen LogP contribution in [0.1, 0.15) is 47.6 Å². The highest BCUT2D eigenvalue weighted by molar-refractivity contribution is 6.00. The quantitative estimate of drug-likeness (QED) is 0.774. The van der Waals surface area contributed by atoms with E-state index in [1.807, 2.05) is 48.5 Å². The van der Waals surface area contributed by atoms with Gasteiger partial charge in [-0.05, 0) is 31.5 Å². The Morgan fingerprint density at radius 1 is 0.773 bits per heavy atom. The van der Waals surface area contributed by atoms with Crippen molar-refractivity contribution in [2.24, 2.45) is 0 Å². The number of ketones is 1. The van der Waals surface area contributed by atoms with Gasteiger partial charge >= 0.3 is 0 Å². The molecule has 0 aromatic heterocycles. The normalized spacial score (nSPS) is 17.6. The van der Waals surface area contributed by atoms with E-state index in [0.717, 1.165) is 24.2 Å². The zero-order valence-corrected chi connectivity index (χ0v) is 12.9. The van der Waals surface area contributed by atoms with Crippen molar-refractivity contribution < 1.29 is 4.79 Å². The Labute approximate surface area is 132 Å². The van der Waals surface area contributed by atoms with Gasteiger partial charge in [0.05, 0.1) is 6.04 Å². The molecule has 1 aliphatic heterocycles. The molecule has 0 radical (unpaired) electrons. The van der Waals surface area contributed by atoms with Gasteiger partial charge in [0.2, 0.25) is 0 Å². The molecule has 1 heterocycles. The first-order chi connectivity index (χ1) is 10.9. The highest BCUT2D eigenvalue weighted by atomic mass is 16.1. The number of carbonyl (C=O) groups is 1. The first kappa shape index (κ1) is 15.0. The zero-order valence-electron chi connectivity index (χ0n) is 12.9. The second kappa shape index (κ2) is 7.37. The molecule has 2 aromatic carbocycles. The van der Waals surface area contributed by atoms with Gasteiger partial charge in [-0.3, -0.25) is 9.69 Å². The molecule has 2 heteroatoms. The first-order valence-electron chi connectivity index (χ1n) is 8.24. The fraction of sp³-hybridized carbons (Fsp3) is 0.350. The lowest BCUT2D eigenvalue weighted by Gasteiger charge is -2.30. The van der Waals surface area contributed by atoms with Crippen molar-refractivity contribution in [1.82, 2.24) is 4.90 Å². The lowest BCUT2D eigenvalue weighted by atomic mass is 9.95. The Morgan fingerprint density at radius 2 is 1.32 bits per heavy atom. The molecular weight excluding hydrogens is 270 g/mol. The van der Waals surface area contributed by atoms with Crippen LogP contribution in [0.4, 0.5) is 0 Å². The summed E-state index contributed by atoms with van der Waals surface area (Å²) in [7, 11) is 0. The van der Waals surface area contributed by atoms with E-state index >= 15 is 0 Å². The van der Waals surface area contributed by atoms with Gasteiger partial charge in [-0.1, -0.05) is 73.5 Å². The highest BCUT2D eigenvalue weighted by Crippen LogP contribution is 2.27. The van der Waals surface area contributed by atoms with Crippen molar-refractivity contribution >= 4 is 5.78 Å². The predicted octanol–water partition coefficient (Wildman–Crippen LogP) is 4.49. The molecule has 1 aliphatic rings. The van der Waals surface area contributed by atoms with Gasteiger partial charge in [0, 0.05) is 5.56 Å². The number of likely N-dealkylation sites (tertiary alicyclic amines) is 1. The van der Waals surface area contributed by atoms with Crippen LogP contribution in [0.2, 0.25) is 0 Å². The van der Waals surface area contributed by atoms with E-state index in [0.29, 0.717) is 0 Å². The van der Waals surface area contributed by atoms with Crippen LogP contribution in [0, 0.1) is 0 Å². The SMILES string of the molecule is O=C(c1ccccc1)[C@@H](c1ccccc1)N1CCCCCC1. The van der Waals surface area contributed by atoms with E-state index in [4.69, 9.17) is 0 Å². The molecule has 0 N–H and O–H groups in total. The van der Waals surface area contributed by atoms with Gasteiger partial charge in [0.15, 0.2) is 5.78 Å². The van der Waals surface area contributed by atoms with Crippen LogP contribution in [0.3, 0.4) is 0 Å². The second-order valence-electron chi connectivity index (χ2n) is 5.99. The average Bonchev–Trinajstić information content (AvgIpc) is 2.86. The molecule has 0 unspecified atom stereocenters. The summed E-state index contributed by atoms with van der Waals surface area (Å²) in [6.45, 7) is 2.02. The highest BCUT2D eigenvalue weighted by Gasteiger charge is 2.28. The Balaban J connectivity index is 1.94. The molecule has 0 bridgehead atoms. The van der Waals surface area contributed by atoms with Gasteiger partial charge in [0.1, 0.15) is 0 Å². The molecule has 0 saturated carbocycles. The average molecular weight is 293 g/mol. The standard InChI is InChI=1S/C20H23NO/c22-20(18-13-7-4-8-14-18)19(17-11-5-3-6-12-17)21-15-9-1-2-10-16-21/h3-8,11-14,19H,1-2,9-10,15-16H2/t19-/m1/s1. The smallest absolute Gasteiger partial charge is 0.184 e. The van der Waals surface area contributed by atoms with Crippen molar-refractivity contribution in [2.75, 3.05) is 13.1 Å². The molecule has 1 saturated heterocycles. The fourth-order valence-corrected chi connectivity index (χ4v) is 3.28. The van der Waals surface area contributed by atoms with E-state index in [-0.39, 0.29) is 11.8 Å². The molecule has 1 fully saturated rings. The van der Waals surface area contributed by atoms with Crippen LogP contribution in [0.15, 0.2) is 60.7 Å². The van der Waals surface area contributed by atoms with Crippen molar-refractivity contribution in [3.63, 3.8) is 0 Å². The molecule has 114 valence electrons. The summed E-state index contributed by atoms with van der Waals surface area (Å²) in [6, 6.07) is 19.8. The number of carbonyl (C=O) groups excluding carboxylic acids is 1. The molecule has 2 aromatic rings. The van der Waals surface area contributed by atoms with Crippen LogP contribution in [-0.4, -0.2) is 23.8 Å². The molecule has 0 aliphatic carbocycles. The maximum atomic E-state index is 13.1. The molecule has 0 spiro atoms. The van der Waals surface area contributed by atoms with Gasteiger partial charge < -0.3 is 0 Å². The third-order valence-electron chi connectivity index (χ3n) is 4.43. The Hall–Kier alpha value is -1.93. The van der Waals surface area contributed by atoms with E-state index in [9.17, 15) is 4.79 Å². The number of hydrogen-bond donors (Lipinski definition) is 0. The first-order valence-corrected chi connectivity index (χ1v) is 8.24. The van der Waals surface area contributed by atoms with Crippen LogP contribution in [0.5, 0.6) is 0 Å². The second-order valence-corrected chi connectivity index (χ2v) is 5.99. The van der Waals surface area contributed by atoms with Gasteiger partial charge in [0.25, 0.3) is 0 Å². The number of rotatable bonds is 4. The summed E-state index contributed by atoms with van der Waals surface area (Å²) in [5.74, 6) is 0.216. The number of Topliss-reactive ketones (excluding diaryl/α,β-unsaturated/α-hetero) is 1. The Morgan fingerprint density at radius 3 is 1.91 bits per heavy atom.